The quantitative estimate of drug-likeness (QED) is 0.351. The van der Waals surface area contributed by atoms with Crippen molar-refractivity contribution in [2.24, 2.45) is 0 Å². The Morgan fingerprint density at radius 3 is 2.56 bits per heavy atom. The van der Waals surface area contributed by atoms with Crippen molar-refractivity contribution in [1.29, 1.82) is 0 Å². The summed E-state index contributed by atoms with van der Waals surface area (Å²) in [7, 11) is 0. The molecule has 1 aliphatic heterocycles. The number of allylic oxidation sites excluding steroid dienone is 1. The second kappa shape index (κ2) is 9.77. The Labute approximate surface area is 225 Å². The third kappa shape index (κ3) is 4.40. The van der Waals surface area contributed by atoms with E-state index >= 15 is 0 Å². The molecule has 4 heterocycles. The van der Waals surface area contributed by atoms with Crippen LogP contribution in [-0.4, -0.2) is 48.3 Å². The van der Waals surface area contributed by atoms with Gasteiger partial charge in [-0.1, -0.05) is 19.1 Å². The van der Waals surface area contributed by atoms with E-state index in [1.807, 2.05) is 43.3 Å². The number of aromatic nitrogens is 5. The largest absolute Gasteiger partial charge is 0.384 e. The fraction of sp³-hybridized carbons (Fsp3) is 0.345. The summed E-state index contributed by atoms with van der Waals surface area (Å²) in [6.07, 6.45) is 6.30. The number of carbonyl (C=O) groups is 1. The number of piperidine rings is 1. The molecule has 4 aromatic rings. The van der Waals surface area contributed by atoms with Gasteiger partial charge in [0.1, 0.15) is 16.8 Å². The highest BCUT2D eigenvalue weighted by molar-refractivity contribution is 5.81. The molecule has 0 radical (unpaired) electrons. The number of nitrogens with one attached hydrogen (secondary N) is 1. The molecular weight excluding hydrogens is 494 g/mol. The van der Waals surface area contributed by atoms with Gasteiger partial charge in [-0.25, -0.2) is 19.3 Å². The van der Waals surface area contributed by atoms with Gasteiger partial charge in [-0.05, 0) is 55.2 Å². The Bertz CT molecular complexity index is 1630. The molecule has 2 N–H and O–H groups in total. The predicted molar refractivity (Wildman–Crippen MR) is 150 cm³/mol. The van der Waals surface area contributed by atoms with Crippen LogP contribution in [0.5, 0.6) is 0 Å². The zero-order chi connectivity index (χ0) is 27.1. The van der Waals surface area contributed by atoms with E-state index in [9.17, 15) is 14.7 Å². The molecule has 0 saturated carbocycles. The highest BCUT2D eigenvalue weighted by Crippen LogP contribution is 2.38. The van der Waals surface area contributed by atoms with Crippen LogP contribution in [0.4, 0.5) is 17.3 Å². The van der Waals surface area contributed by atoms with Crippen molar-refractivity contribution in [3.05, 3.63) is 76.9 Å². The minimum atomic E-state index is -0.977. The molecule has 200 valence electrons. The van der Waals surface area contributed by atoms with Crippen LogP contribution in [0.15, 0.2) is 60.0 Å². The number of aryl methyl sites for hydroxylation is 1. The van der Waals surface area contributed by atoms with Crippen molar-refractivity contribution < 1.29 is 9.90 Å². The van der Waals surface area contributed by atoms with Crippen molar-refractivity contribution in [1.82, 2.24) is 24.3 Å². The predicted octanol–water partition coefficient (Wildman–Crippen LogP) is 3.62. The first-order valence-electron chi connectivity index (χ1n) is 13.4. The van der Waals surface area contributed by atoms with Gasteiger partial charge in [-0.3, -0.25) is 9.59 Å². The number of nitrogens with zero attached hydrogens (tertiary/aromatic N) is 6. The van der Waals surface area contributed by atoms with Gasteiger partial charge in [0.25, 0.3) is 5.56 Å². The fourth-order valence-electron chi connectivity index (χ4n) is 5.51. The van der Waals surface area contributed by atoms with Crippen molar-refractivity contribution in [2.75, 3.05) is 23.3 Å². The van der Waals surface area contributed by atoms with Crippen molar-refractivity contribution in [2.45, 2.75) is 51.2 Å². The standard InChI is InChI=1S/C29H31N7O3/c1-3-15-35-27(38)23-18-30-28(31-20-6-8-21(9-7-20)34-16-12-22(37)13-17-34)33-26(23)36(35)24-10-5-19-11-14-29(39,4-2)25(19)32-24/h3,5-10,18,39H,1,4,11-17H2,2H3,(H,30,31,33)/t29-/m1/s1. The lowest BCUT2D eigenvalue weighted by molar-refractivity contribution is -0.119. The van der Waals surface area contributed by atoms with Crippen molar-refractivity contribution in [3.8, 4) is 5.82 Å². The van der Waals surface area contributed by atoms with E-state index in [4.69, 9.17) is 9.97 Å². The third-order valence-corrected chi connectivity index (χ3v) is 7.80. The molecule has 0 spiro atoms. The summed E-state index contributed by atoms with van der Waals surface area (Å²) in [5, 5.41) is 14.7. The second-order valence-electron chi connectivity index (χ2n) is 10.2. The van der Waals surface area contributed by atoms with Crippen LogP contribution in [0.3, 0.4) is 0 Å². The number of anilines is 3. The number of hydrogen-bond acceptors (Lipinski definition) is 8. The summed E-state index contributed by atoms with van der Waals surface area (Å²) in [6.45, 7) is 7.49. The zero-order valence-corrected chi connectivity index (χ0v) is 21.9. The Hall–Kier alpha value is -4.31. The summed E-state index contributed by atoms with van der Waals surface area (Å²) in [4.78, 5) is 41.0. The van der Waals surface area contributed by atoms with Crippen molar-refractivity contribution >= 4 is 34.1 Å². The molecule has 1 aliphatic carbocycles. The minimum absolute atomic E-state index is 0.242. The van der Waals surface area contributed by atoms with E-state index in [1.165, 1.54) is 10.9 Å². The van der Waals surface area contributed by atoms with E-state index in [-0.39, 0.29) is 12.1 Å². The van der Waals surface area contributed by atoms with Gasteiger partial charge in [0.05, 0.1) is 12.2 Å². The molecule has 6 rings (SSSR count). The molecule has 2 aliphatic rings. The Morgan fingerprint density at radius 2 is 1.85 bits per heavy atom. The van der Waals surface area contributed by atoms with Crippen LogP contribution in [0, 0.1) is 0 Å². The number of hydrogen-bond donors (Lipinski definition) is 2. The van der Waals surface area contributed by atoms with E-state index in [0.717, 1.165) is 36.4 Å². The molecular formula is C29H31N7O3. The van der Waals surface area contributed by atoms with Gasteiger partial charge in [-0.15, -0.1) is 6.58 Å². The first-order valence-corrected chi connectivity index (χ1v) is 13.4. The molecule has 1 aromatic carbocycles. The fourth-order valence-corrected chi connectivity index (χ4v) is 5.51. The molecule has 1 atom stereocenters. The molecule has 0 unspecified atom stereocenters. The number of carbonyl (C=O) groups excluding carboxylic acids is 1. The summed E-state index contributed by atoms with van der Waals surface area (Å²) in [5.41, 5.74) is 2.74. The van der Waals surface area contributed by atoms with Crippen LogP contribution in [0.25, 0.3) is 16.9 Å². The Balaban J connectivity index is 1.36. The molecule has 0 bridgehead atoms. The Morgan fingerprint density at radius 1 is 1.08 bits per heavy atom. The first-order chi connectivity index (χ1) is 18.9. The van der Waals surface area contributed by atoms with Gasteiger partial charge in [0.2, 0.25) is 5.95 Å². The normalized spacial score (nSPS) is 18.9. The lowest BCUT2D eigenvalue weighted by atomic mass is 9.98. The summed E-state index contributed by atoms with van der Waals surface area (Å²) < 4.78 is 3.21. The van der Waals surface area contributed by atoms with Gasteiger partial charge < -0.3 is 15.3 Å². The van der Waals surface area contributed by atoms with Gasteiger partial charge in [0.15, 0.2) is 11.5 Å². The van der Waals surface area contributed by atoms with Gasteiger partial charge in [-0.2, -0.15) is 4.98 Å². The SMILES string of the molecule is C=CCn1c(=O)c2cnc(Nc3ccc(N4CCC(=O)CC4)cc3)nc2n1-c1ccc2c(n1)[C@@](O)(CC)CC2. The van der Waals surface area contributed by atoms with E-state index in [0.29, 0.717) is 60.0 Å². The van der Waals surface area contributed by atoms with Gasteiger partial charge >= 0.3 is 0 Å². The summed E-state index contributed by atoms with van der Waals surface area (Å²) in [5.74, 6) is 1.16. The molecule has 10 heteroatoms. The van der Waals surface area contributed by atoms with Crippen molar-refractivity contribution in [3.63, 3.8) is 0 Å². The number of rotatable bonds is 7. The topological polar surface area (TPSA) is 118 Å². The molecule has 10 nitrogen and oxygen atoms in total. The monoisotopic (exact) mass is 525 g/mol. The average Bonchev–Trinajstić information content (AvgIpc) is 3.43. The maximum absolute atomic E-state index is 13.3. The smallest absolute Gasteiger partial charge is 0.278 e. The average molecular weight is 526 g/mol. The molecule has 39 heavy (non-hydrogen) atoms. The number of pyridine rings is 1. The van der Waals surface area contributed by atoms with Crippen LogP contribution >= 0.6 is 0 Å². The number of benzene rings is 1. The molecule has 1 fully saturated rings. The maximum atomic E-state index is 13.3. The van der Waals surface area contributed by atoms with E-state index < -0.39 is 5.60 Å². The Kier molecular flexibility index (Phi) is 6.26. The highest BCUT2D eigenvalue weighted by atomic mass is 16.3. The van der Waals surface area contributed by atoms with Crippen LogP contribution in [0.1, 0.15) is 43.9 Å². The first kappa shape index (κ1) is 25.0. The van der Waals surface area contributed by atoms with Crippen LogP contribution < -0.4 is 15.8 Å². The highest BCUT2D eigenvalue weighted by Gasteiger charge is 2.37. The van der Waals surface area contributed by atoms with Gasteiger partial charge in [0, 0.05) is 43.5 Å². The van der Waals surface area contributed by atoms with E-state index in [1.54, 1.807) is 10.8 Å². The number of aliphatic hydroxyl groups is 1. The molecule has 0 amide bonds. The summed E-state index contributed by atoms with van der Waals surface area (Å²) in [6, 6.07) is 11.7. The minimum Gasteiger partial charge on any atom is -0.384 e. The number of Topliss-reactive ketones (excluding diaryl/α,β-unsaturated/α-hetero) is 1. The lowest BCUT2D eigenvalue weighted by Gasteiger charge is -2.28. The summed E-state index contributed by atoms with van der Waals surface area (Å²) >= 11 is 0. The number of fused-ring (bicyclic) bond motifs is 2. The lowest BCUT2D eigenvalue weighted by Crippen LogP contribution is -2.33. The van der Waals surface area contributed by atoms with Crippen LogP contribution in [0.2, 0.25) is 0 Å². The van der Waals surface area contributed by atoms with E-state index in [2.05, 4.69) is 21.8 Å². The molecule has 1 saturated heterocycles. The zero-order valence-electron chi connectivity index (χ0n) is 21.9. The third-order valence-electron chi connectivity index (χ3n) is 7.80. The maximum Gasteiger partial charge on any atom is 0.278 e. The number of ketones is 1. The second-order valence-corrected chi connectivity index (χ2v) is 10.2. The molecule has 3 aromatic heterocycles. The van der Waals surface area contributed by atoms with Crippen LogP contribution in [-0.2, 0) is 23.4 Å².